The van der Waals surface area contributed by atoms with Gasteiger partial charge in [0.2, 0.25) is 0 Å². The normalized spacial score (nSPS) is 27.6. The van der Waals surface area contributed by atoms with Crippen molar-refractivity contribution in [2.45, 2.75) is 4.83 Å². The zero-order chi connectivity index (χ0) is 6.15. The van der Waals surface area contributed by atoms with Crippen molar-refractivity contribution in [3.8, 4) is 0 Å². The summed E-state index contributed by atoms with van der Waals surface area (Å²) in [6.45, 7) is 0. The zero-order valence-corrected chi connectivity index (χ0v) is 8.62. The van der Waals surface area contributed by atoms with Crippen molar-refractivity contribution in [3.05, 3.63) is 21.1 Å². The lowest BCUT2D eigenvalue weighted by Crippen LogP contribution is -1.83. The molecule has 1 aliphatic rings. The van der Waals surface area contributed by atoms with Gasteiger partial charge in [-0.1, -0.05) is 53.9 Å². The van der Waals surface area contributed by atoms with E-state index in [0.29, 0.717) is 4.83 Å². The second kappa shape index (κ2) is 2.67. The Hall–Kier alpha value is 0.920. The fraction of sp³-hybridized carbons (Fsp3) is 0.200. The van der Waals surface area contributed by atoms with Crippen molar-refractivity contribution >= 4 is 47.8 Å². The molecule has 3 heteroatoms. The summed E-state index contributed by atoms with van der Waals surface area (Å²) in [4.78, 5) is 0.372. The Morgan fingerprint density at radius 3 is 2.12 bits per heavy atom. The summed E-state index contributed by atoms with van der Waals surface area (Å²) in [6.07, 6.45) is 4.10. The number of hydrogen-bond donors (Lipinski definition) is 0. The van der Waals surface area contributed by atoms with E-state index >= 15 is 0 Å². The molecule has 0 aliphatic heterocycles. The quantitative estimate of drug-likeness (QED) is 0.602. The SMILES string of the molecule is BrC1=CC(Br)C(Br)=C1. The first-order valence-electron chi connectivity index (χ1n) is 2.08. The van der Waals surface area contributed by atoms with Crippen LogP contribution in [-0.2, 0) is 0 Å². The molecule has 8 heavy (non-hydrogen) atoms. The van der Waals surface area contributed by atoms with Crippen LogP contribution < -0.4 is 0 Å². The van der Waals surface area contributed by atoms with Crippen LogP contribution in [0.15, 0.2) is 21.1 Å². The lowest BCUT2D eigenvalue weighted by Gasteiger charge is -1.91. The van der Waals surface area contributed by atoms with Crippen LogP contribution in [0, 0.1) is 0 Å². The Morgan fingerprint density at radius 2 is 2.00 bits per heavy atom. The van der Waals surface area contributed by atoms with E-state index in [1.807, 2.05) is 6.08 Å². The van der Waals surface area contributed by atoms with Crippen LogP contribution in [0.5, 0.6) is 0 Å². The summed E-state index contributed by atoms with van der Waals surface area (Å²) in [5.41, 5.74) is 0. The first-order chi connectivity index (χ1) is 3.70. The van der Waals surface area contributed by atoms with Gasteiger partial charge in [-0.2, -0.15) is 0 Å². The molecule has 0 aromatic carbocycles. The minimum atomic E-state index is 0.372. The predicted octanol–water partition coefficient (Wildman–Crippen LogP) is 3.32. The molecule has 0 saturated heterocycles. The highest BCUT2D eigenvalue weighted by molar-refractivity contribution is 9.14. The van der Waals surface area contributed by atoms with Crippen LogP contribution in [-0.4, -0.2) is 4.83 Å². The van der Waals surface area contributed by atoms with E-state index in [1.165, 1.54) is 4.48 Å². The second-order valence-corrected chi connectivity index (χ2v) is 4.30. The minimum Gasteiger partial charge on any atom is -0.0787 e. The number of alkyl halides is 1. The number of rotatable bonds is 0. The van der Waals surface area contributed by atoms with Crippen LogP contribution in [0.4, 0.5) is 0 Å². The minimum absolute atomic E-state index is 0.372. The van der Waals surface area contributed by atoms with Crippen molar-refractivity contribution in [2.24, 2.45) is 0 Å². The molecule has 0 aromatic rings. The maximum atomic E-state index is 3.42. The summed E-state index contributed by atoms with van der Waals surface area (Å²) < 4.78 is 2.30. The summed E-state index contributed by atoms with van der Waals surface area (Å²) in [5, 5.41) is 0. The molecular weight excluding hydrogens is 300 g/mol. The average Bonchev–Trinajstić information content (AvgIpc) is 1.85. The van der Waals surface area contributed by atoms with Crippen LogP contribution in [0.1, 0.15) is 0 Å². The molecule has 0 amide bonds. The van der Waals surface area contributed by atoms with Gasteiger partial charge in [0, 0.05) is 8.96 Å². The molecule has 0 N–H and O–H groups in total. The lowest BCUT2D eigenvalue weighted by molar-refractivity contribution is 1.48. The van der Waals surface area contributed by atoms with E-state index in [4.69, 9.17) is 0 Å². The summed E-state index contributed by atoms with van der Waals surface area (Å²) in [6, 6.07) is 0. The maximum Gasteiger partial charge on any atom is 0.0655 e. The fourth-order valence-corrected chi connectivity index (χ4v) is 2.45. The van der Waals surface area contributed by atoms with E-state index in [2.05, 4.69) is 53.9 Å². The van der Waals surface area contributed by atoms with Crippen LogP contribution in [0.2, 0.25) is 0 Å². The molecule has 0 saturated carbocycles. The molecule has 0 bridgehead atoms. The molecule has 1 atom stereocenters. The maximum absolute atomic E-state index is 3.42. The van der Waals surface area contributed by atoms with Gasteiger partial charge in [0.05, 0.1) is 4.83 Å². The van der Waals surface area contributed by atoms with Gasteiger partial charge < -0.3 is 0 Å². The molecule has 0 radical (unpaired) electrons. The third-order valence-corrected chi connectivity index (χ3v) is 3.43. The third-order valence-electron chi connectivity index (χ3n) is 0.845. The summed E-state index contributed by atoms with van der Waals surface area (Å²) in [5.74, 6) is 0. The zero-order valence-electron chi connectivity index (χ0n) is 3.87. The monoisotopic (exact) mass is 300 g/mol. The topological polar surface area (TPSA) is 0 Å². The Morgan fingerprint density at radius 1 is 1.38 bits per heavy atom. The van der Waals surface area contributed by atoms with E-state index in [9.17, 15) is 0 Å². The van der Waals surface area contributed by atoms with Gasteiger partial charge in [0.15, 0.2) is 0 Å². The van der Waals surface area contributed by atoms with E-state index in [0.717, 1.165) is 4.48 Å². The molecule has 1 rings (SSSR count). The Bertz CT molecular complexity index is 157. The standard InChI is InChI=1S/C5H3Br3/c6-3-1-4(7)5(8)2-3/h1-2,4H. The Balaban J connectivity index is 2.78. The first-order valence-corrected chi connectivity index (χ1v) is 4.59. The number of hydrogen-bond acceptors (Lipinski definition) is 0. The van der Waals surface area contributed by atoms with Gasteiger partial charge in [-0.05, 0) is 6.08 Å². The van der Waals surface area contributed by atoms with Crippen LogP contribution in [0.25, 0.3) is 0 Å². The van der Waals surface area contributed by atoms with E-state index in [-0.39, 0.29) is 0 Å². The largest absolute Gasteiger partial charge is 0.0787 e. The van der Waals surface area contributed by atoms with Gasteiger partial charge in [-0.15, -0.1) is 0 Å². The Labute approximate surface area is 73.4 Å². The smallest absolute Gasteiger partial charge is 0.0655 e. The van der Waals surface area contributed by atoms with Gasteiger partial charge in [0.1, 0.15) is 0 Å². The molecular formula is C5H3Br3. The molecule has 0 aromatic heterocycles. The van der Waals surface area contributed by atoms with Gasteiger partial charge in [0.25, 0.3) is 0 Å². The van der Waals surface area contributed by atoms with Gasteiger partial charge >= 0.3 is 0 Å². The highest BCUT2D eigenvalue weighted by Crippen LogP contribution is 2.30. The highest BCUT2D eigenvalue weighted by Gasteiger charge is 2.10. The van der Waals surface area contributed by atoms with Gasteiger partial charge in [-0.3, -0.25) is 0 Å². The molecule has 1 aliphatic carbocycles. The third kappa shape index (κ3) is 1.45. The van der Waals surface area contributed by atoms with Crippen molar-refractivity contribution < 1.29 is 0 Å². The molecule has 0 spiro atoms. The van der Waals surface area contributed by atoms with Crippen molar-refractivity contribution in [1.82, 2.24) is 0 Å². The molecule has 1 unspecified atom stereocenters. The second-order valence-electron chi connectivity index (χ2n) is 1.48. The average molecular weight is 303 g/mol. The van der Waals surface area contributed by atoms with Crippen LogP contribution >= 0.6 is 47.8 Å². The van der Waals surface area contributed by atoms with E-state index in [1.54, 1.807) is 0 Å². The van der Waals surface area contributed by atoms with E-state index < -0.39 is 0 Å². The van der Waals surface area contributed by atoms with Crippen molar-refractivity contribution in [2.75, 3.05) is 0 Å². The molecule has 0 nitrogen and oxygen atoms in total. The number of halogens is 3. The highest BCUT2D eigenvalue weighted by atomic mass is 79.9. The fourth-order valence-electron chi connectivity index (χ4n) is 0.479. The van der Waals surface area contributed by atoms with Gasteiger partial charge in [-0.25, -0.2) is 0 Å². The number of allylic oxidation sites excluding steroid dienone is 4. The van der Waals surface area contributed by atoms with Crippen molar-refractivity contribution in [1.29, 1.82) is 0 Å². The molecule has 0 heterocycles. The summed E-state index contributed by atoms with van der Waals surface area (Å²) in [7, 11) is 0. The van der Waals surface area contributed by atoms with Crippen LogP contribution in [0.3, 0.4) is 0 Å². The molecule has 0 fully saturated rings. The first kappa shape index (κ1) is 7.03. The molecule has 44 valence electrons. The van der Waals surface area contributed by atoms with Crippen molar-refractivity contribution in [3.63, 3.8) is 0 Å². The Kier molecular flexibility index (Phi) is 2.35. The summed E-state index contributed by atoms with van der Waals surface area (Å²) >= 11 is 10.1. The lowest BCUT2D eigenvalue weighted by atomic mass is 10.5. The predicted molar refractivity (Wildman–Crippen MR) is 46.7 cm³/mol.